The van der Waals surface area contributed by atoms with Gasteiger partial charge in [-0.1, -0.05) is 30.4 Å². The minimum absolute atomic E-state index is 0.555. The van der Waals surface area contributed by atoms with Gasteiger partial charge in [-0.3, -0.25) is 0 Å². The van der Waals surface area contributed by atoms with Crippen LogP contribution in [0.2, 0.25) is 0 Å². The van der Waals surface area contributed by atoms with Crippen LogP contribution in [0.15, 0.2) is 47.4 Å². The molecule has 1 aromatic rings. The van der Waals surface area contributed by atoms with Crippen LogP contribution in [-0.2, 0) is 0 Å². The largest absolute Gasteiger partial charge is 0.122 e. The van der Waals surface area contributed by atoms with Gasteiger partial charge in [-0.05, 0) is 12.1 Å². The Labute approximate surface area is 82.6 Å². The predicted molar refractivity (Wildman–Crippen MR) is 57.0 cm³/mol. The average molecular weight is 199 g/mol. The van der Waals surface area contributed by atoms with Gasteiger partial charge in [-0.15, -0.1) is 23.4 Å². The van der Waals surface area contributed by atoms with E-state index in [1.165, 1.54) is 4.90 Å². The molecule has 0 aromatic heterocycles. The van der Waals surface area contributed by atoms with Crippen molar-refractivity contribution < 1.29 is 0 Å². The zero-order valence-electron chi connectivity index (χ0n) is 6.79. The highest BCUT2D eigenvalue weighted by molar-refractivity contribution is 7.99. The number of halogens is 1. The van der Waals surface area contributed by atoms with Gasteiger partial charge in [-0.25, -0.2) is 0 Å². The number of alkyl halides is 1. The van der Waals surface area contributed by atoms with E-state index >= 15 is 0 Å². The van der Waals surface area contributed by atoms with Crippen molar-refractivity contribution in [2.75, 3.05) is 11.6 Å². The summed E-state index contributed by atoms with van der Waals surface area (Å²) in [4.78, 5) is 1.27. The molecule has 0 unspecified atom stereocenters. The summed E-state index contributed by atoms with van der Waals surface area (Å²) in [5.74, 6) is 1.47. The molecule has 0 N–H and O–H groups in total. The van der Waals surface area contributed by atoms with Gasteiger partial charge in [0.2, 0.25) is 0 Å². The Kier molecular flexibility index (Phi) is 4.26. The molecular weight excluding hydrogens is 188 g/mol. The first-order valence-electron chi connectivity index (χ1n) is 3.73. The van der Waals surface area contributed by atoms with E-state index in [9.17, 15) is 0 Å². The Balaban J connectivity index is 2.38. The molecule has 0 spiro atoms. The maximum atomic E-state index is 5.61. The van der Waals surface area contributed by atoms with Crippen molar-refractivity contribution in [1.82, 2.24) is 0 Å². The average Bonchev–Trinajstić information content (AvgIpc) is 2.16. The molecule has 0 heterocycles. The Bertz CT molecular complexity index is 243. The maximum absolute atomic E-state index is 5.61. The summed E-state index contributed by atoms with van der Waals surface area (Å²) in [5.41, 5.74) is 1.07. The number of hydrogen-bond donors (Lipinski definition) is 0. The highest BCUT2D eigenvalue weighted by atomic mass is 35.5. The smallest absolute Gasteiger partial charge is 0.0439 e. The fourth-order valence-electron chi connectivity index (χ4n) is 0.741. The third-order valence-electron chi connectivity index (χ3n) is 1.38. The molecule has 64 valence electrons. The van der Waals surface area contributed by atoms with Gasteiger partial charge in [-0.2, -0.15) is 0 Å². The Morgan fingerprint density at radius 2 is 2.00 bits per heavy atom. The lowest BCUT2D eigenvalue weighted by atomic mass is 10.4. The third kappa shape index (κ3) is 3.33. The molecule has 0 nitrogen and oxygen atoms in total. The van der Waals surface area contributed by atoms with Crippen molar-refractivity contribution in [3.8, 4) is 0 Å². The lowest BCUT2D eigenvalue weighted by molar-refractivity contribution is 1.41. The van der Waals surface area contributed by atoms with Gasteiger partial charge >= 0.3 is 0 Å². The SMILES string of the molecule is C=C(CCl)CSc1ccccc1. The molecule has 0 saturated heterocycles. The molecule has 0 saturated carbocycles. The lowest BCUT2D eigenvalue weighted by Crippen LogP contribution is -1.85. The molecule has 2 heteroatoms. The molecule has 0 fully saturated rings. The number of hydrogen-bond acceptors (Lipinski definition) is 1. The molecule has 12 heavy (non-hydrogen) atoms. The quantitative estimate of drug-likeness (QED) is 0.405. The van der Waals surface area contributed by atoms with Gasteiger partial charge < -0.3 is 0 Å². The minimum atomic E-state index is 0.555. The highest BCUT2D eigenvalue weighted by Gasteiger charge is 1.94. The summed E-state index contributed by atoms with van der Waals surface area (Å²) in [7, 11) is 0. The molecule has 1 aromatic carbocycles. The van der Waals surface area contributed by atoms with Crippen molar-refractivity contribution in [3.05, 3.63) is 42.5 Å². The second-order valence-electron chi connectivity index (χ2n) is 2.49. The molecule has 0 radical (unpaired) electrons. The molecule has 0 amide bonds. The van der Waals surface area contributed by atoms with Gasteiger partial charge in [0.15, 0.2) is 0 Å². The van der Waals surface area contributed by atoms with Crippen LogP contribution in [0.5, 0.6) is 0 Å². The van der Waals surface area contributed by atoms with Gasteiger partial charge in [0.1, 0.15) is 0 Å². The molecule has 0 aliphatic rings. The fourth-order valence-corrected chi connectivity index (χ4v) is 1.77. The molecule has 0 aliphatic heterocycles. The molecule has 0 atom stereocenters. The van der Waals surface area contributed by atoms with Gasteiger partial charge in [0, 0.05) is 16.5 Å². The first-order valence-corrected chi connectivity index (χ1v) is 5.25. The summed E-state index contributed by atoms with van der Waals surface area (Å²) in [5, 5.41) is 0. The van der Waals surface area contributed by atoms with Gasteiger partial charge in [0.05, 0.1) is 0 Å². The molecule has 1 rings (SSSR count). The van der Waals surface area contributed by atoms with Crippen LogP contribution in [0.1, 0.15) is 0 Å². The van der Waals surface area contributed by atoms with Crippen LogP contribution in [0.3, 0.4) is 0 Å². The molecule has 0 bridgehead atoms. The van der Waals surface area contributed by atoms with Crippen molar-refractivity contribution >= 4 is 23.4 Å². The number of rotatable bonds is 4. The van der Waals surface area contributed by atoms with Crippen molar-refractivity contribution in [1.29, 1.82) is 0 Å². The summed E-state index contributed by atoms with van der Waals surface area (Å²) in [6.45, 7) is 3.84. The first-order chi connectivity index (χ1) is 5.83. The van der Waals surface area contributed by atoms with E-state index in [4.69, 9.17) is 11.6 Å². The minimum Gasteiger partial charge on any atom is -0.122 e. The third-order valence-corrected chi connectivity index (χ3v) is 2.91. The predicted octanol–water partition coefficient (Wildman–Crippen LogP) is 3.57. The van der Waals surface area contributed by atoms with E-state index in [1.807, 2.05) is 18.2 Å². The van der Waals surface area contributed by atoms with E-state index in [0.717, 1.165) is 11.3 Å². The number of benzene rings is 1. The Morgan fingerprint density at radius 3 is 2.58 bits per heavy atom. The maximum Gasteiger partial charge on any atom is 0.0439 e. The van der Waals surface area contributed by atoms with Crippen molar-refractivity contribution in [2.24, 2.45) is 0 Å². The fraction of sp³-hybridized carbons (Fsp3) is 0.200. The van der Waals surface area contributed by atoms with Crippen molar-refractivity contribution in [3.63, 3.8) is 0 Å². The summed E-state index contributed by atoms with van der Waals surface area (Å²) < 4.78 is 0. The number of thioether (sulfide) groups is 1. The van der Waals surface area contributed by atoms with Gasteiger partial charge in [0.25, 0.3) is 0 Å². The van der Waals surface area contributed by atoms with E-state index in [2.05, 4.69) is 18.7 Å². The molecule has 0 aliphatic carbocycles. The molecular formula is C10H11ClS. The van der Waals surface area contributed by atoms with E-state index in [-0.39, 0.29) is 0 Å². The standard InChI is InChI=1S/C10H11ClS/c1-9(7-11)8-12-10-5-3-2-4-6-10/h2-6H,1,7-8H2. The Morgan fingerprint density at radius 1 is 1.33 bits per heavy atom. The second-order valence-corrected chi connectivity index (χ2v) is 3.80. The summed E-state index contributed by atoms with van der Waals surface area (Å²) in [6, 6.07) is 10.3. The van der Waals surface area contributed by atoms with Crippen LogP contribution in [-0.4, -0.2) is 11.6 Å². The second kappa shape index (κ2) is 5.28. The first kappa shape index (κ1) is 9.69. The normalized spacial score (nSPS) is 9.75. The van der Waals surface area contributed by atoms with Crippen LogP contribution >= 0.6 is 23.4 Å². The van der Waals surface area contributed by atoms with Crippen LogP contribution < -0.4 is 0 Å². The van der Waals surface area contributed by atoms with Crippen molar-refractivity contribution in [2.45, 2.75) is 4.90 Å². The topological polar surface area (TPSA) is 0 Å². The summed E-state index contributed by atoms with van der Waals surface area (Å²) in [6.07, 6.45) is 0. The van der Waals surface area contributed by atoms with E-state index in [1.54, 1.807) is 11.8 Å². The highest BCUT2D eigenvalue weighted by Crippen LogP contribution is 2.19. The Hall–Kier alpha value is -0.400. The van der Waals surface area contributed by atoms with E-state index in [0.29, 0.717) is 5.88 Å². The zero-order valence-corrected chi connectivity index (χ0v) is 8.37. The van der Waals surface area contributed by atoms with Crippen LogP contribution in [0.25, 0.3) is 0 Å². The monoisotopic (exact) mass is 198 g/mol. The lowest BCUT2D eigenvalue weighted by Gasteiger charge is -2.00. The van der Waals surface area contributed by atoms with E-state index < -0.39 is 0 Å². The van der Waals surface area contributed by atoms with Crippen LogP contribution in [0.4, 0.5) is 0 Å². The zero-order chi connectivity index (χ0) is 8.81. The van der Waals surface area contributed by atoms with Crippen LogP contribution in [0, 0.1) is 0 Å². The summed E-state index contributed by atoms with van der Waals surface area (Å²) >= 11 is 7.37.